The molecule has 1 aromatic rings. The van der Waals surface area contributed by atoms with E-state index in [0.717, 1.165) is 12.3 Å². The number of rotatable bonds is 8. The lowest BCUT2D eigenvalue weighted by Gasteiger charge is -2.31. The zero-order valence-electron chi connectivity index (χ0n) is 12.2. The van der Waals surface area contributed by atoms with Crippen molar-refractivity contribution in [3.8, 4) is 5.75 Å². The molecule has 0 atom stereocenters. The van der Waals surface area contributed by atoms with Crippen LogP contribution >= 0.6 is 0 Å². The van der Waals surface area contributed by atoms with Gasteiger partial charge in [0.1, 0.15) is 5.75 Å². The van der Waals surface area contributed by atoms with Crippen LogP contribution in [0.3, 0.4) is 0 Å². The van der Waals surface area contributed by atoms with Gasteiger partial charge < -0.3 is 19.9 Å². The van der Waals surface area contributed by atoms with E-state index in [0.29, 0.717) is 13.2 Å². The van der Waals surface area contributed by atoms with E-state index in [4.69, 9.17) is 14.6 Å². The van der Waals surface area contributed by atoms with Crippen LogP contribution in [0.1, 0.15) is 31.2 Å². The number of nitrogens with one attached hydrogen (secondary N) is 1. The van der Waals surface area contributed by atoms with E-state index < -0.39 is 0 Å². The SMILES string of the molecule is COc1ccc(C2(NCCOCCO)CCCC2)cc1. The molecule has 0 radical (unpaired) electrons. The number of aliphatic hydroxyl groups is 1. The molecule has 1 aliphatic carbocycles. The molecule has 0 saturated heterocycles. The zero-order chi connectivity index (χ0) is 14.3. The van der Waals surface area contributed by atoms with Gasteiger partial charge in [0.25, 0.3) is 0 Å². The molecule has 4 heteroatoms. The second-order valence-corrected chi connectivity index (χ2v) is 5.28. The highest BCUT2D eigenvalue weighted by atomic mass is 16.5. The second kappa shape index (κ2) is 7.62. The molecular formula is C16H25NO3. The summed E-state index contributed by atoms with van der Waals surface area (Å²) in [6, 6.07) is 8.37. The van der Waals surface area contributed by atoms with Gasteiger partial charge in [0, 0.05) is 12.1 Å². The molecule has 2 N–H and O–H groups in total. The minimum absolute atomic E-state index is 0.0782. The number of benzene rings is 1. The predicted molar refractivity (Wildman–Crippen MR) is 79.0 cm³/mol. The topological polar surface area (TPSA) is 50.7 Å². The number of aliphatic hydroxyl groups excluding tert-OH is 1. The van der Waals surface area contributed by atoms with Crippen LogP contribution in [0, 0.1) is 0 Å². The first-order valence-corrected chi connectivity index (χ1v) is 7.39. The maximum Gasteiger partial charge on any atom is 0.118 e. The second-order valence-electron chi connectivity index (χ2n) is 5.28. The lowest BCUT2D eigenvalue weighted by atomic mass is 9.88. The molecule has 0 spiro atoms. The molecule has 4 nitrogen and oxygen atoms in total. The minimum Gasteiger partial charge on any atom is -0.497 e. The smallest absolute Gasteiger partial charge is 0.118 e. The zero-order valence-corrected chi connectivity index (χ0v) is 12.2. The normalized spacial score (nSPS) is 17.3. The summed E-state index contributed by atoms with van der Waals surface area (Å²) in [7, 11) is 1.69. The third-order valence-corrected chi connectivity index (χ3v) is 4.05. The van der Waals surface area contributed by atoms with Crippen molar-refractivity contribution in [1.29, 1.82) is 0 Å². The van der Waals surface area contributed by atoms with E-state index in [2.05, 4.69) is 17.4 Å². The van der Waals surface area contributed by atoms with Crippen molar-refractivity contribution in [2.24, 2.45) is 0 Å². The first-order chi connectivity index (χ1) is 9.80. The Morgan fingerprint density at radius 2 is 1.85 bits per heavy atom. The summed E-state index contributed by atoms with van der Waals surface area (Å²) >= 11 is 0. The van der Waals surface area contributed by atoms with Crippen LogP contribution in [0.2, 0.25) is 0 Å². The molecule has 2 rings (SSSR count). The third kappa shape index (κ3) is 3.72. The fourth-order valence-corrected chi connectivity index (χ4v) is 2.99. The molecular weight excluding hydrogens is 254 g/mol. The van der Waals surface area contributed by atoms with E-state index >= 15 is 0 Å². The van der Waals surface area contributed by atoms with Gasteiger partial charge in [0.2, 0.25) is 0 Å². The molecule has 0 heterocycles. The molecule has 0 unspecified atom stereocenters. The summed E-state index contributed by atoms with van der Waals surface area (Å²) in [6.07, 6.45) is 4.85. The van der Waals surface area contributed by atoms with Crippen molar-refractivity contribution in [3.05, 3.63) is 29.8 Å². The van der Waals surface area contributed by atoms with Crippen LogP contribution in [-0.4, -0.2) is 38.6 Å². The predicted octanol–water partition coefficient (Wildman–Crippen LogP) is 2.06. The van der Waals surface area contributed by atoms with E-state index in [-0.39, 0.29) is 12.1 Å². The summed E-state index contributed by atoms with van der Waals surface area (Å²) < 4.78 is 10.6. The highest BCUT2D eigenvalue weighted by molar-refractivity contribution is 5.32. The molecule has 1 fully saturated rings. The van der Waals surface area contributed by atoms with Gasteiger partial charge in [0.05, 0.1) is 26.9 Å². The average molecular weight is 279 g/mol. The Morgan fingerprint density at radius 3 is 2.45 bits per heavy atom. The Balaban J connectivity index is 1.97. The van der Waals surface area contributed by atoms with Gasteiger partial charge in [-0.2, -0.15) is 0 Å². The van der Waals surface area contributed by atoms with Gasteiger partial charge in [-0.25, -0.2) is 0 Å². The third-order valence-electron chi connectivity index (χ3n) is 4.05. The van der Waals surface area contributed by atoms with Gasteiger partial charge in [-0.15, -0.1) is 0 Å². The van der Waals surface area contributed by atoms with Crippen molar-refractivity contribution in [3.63, 3.8) is 0 Å². The van der Waals surface area contributed by atoms with E-state index in [9.17, 15) is 0 Å². The van der Waals surface area contributed by atoms with Crippen molar-refractivity contribution in [2.75, 3.05) is 33.5 Å². The van der Waals surface area contributed by atoms with Gasteiger partial charge in [0.15, 0.2) is 0 Å². The fraction of sp³-hybridized carbons (Fsp3) is 0.625. The molecule has 1 aromatic carbocycles. The van der Waals surface area contributed by atoms with Crippen LogP contribution in [0.4, 0.5) is 0 Å². The van der Waals surface area contributed by atoms with Crippen molar-refractivity contribution >= 4 is 0 Å². The van der Waals surface area contributed by atoms with Gasteiger partial charge in [-0.1, -0.05) is 25.0 Å². The molecule has 20 heavy (non-hydrogen) atoms. The van der Waals surface area contributed by atoms with Gasteiger partial charge >= 0.3 is 0 Å². The van der Waals surface area contributed by atoms with E-state index in [1.54, 1.807) is 7.11 Å². The summed E-state index contributed by atoms with van der Waals surface area (Å²) in [6.45, 7) is 1.95. The standard InChI is InChI=1S/C16H25NO3/c1-19-15-6-4-14(5-7-15)16(8-2-3-9-16)17-10-12-20-13-11-18/h4-7,17-18H,2-3,8-13H2,1H3. The Kier molecular flexibility index (Phi) is 5.83. The lowest BCUT2D eigenvalue weighted by Crippen LogP contribution is -2.41. The van der Waals surface area contributed by atoms with Crippen molar-refractivity contribution in [1.82, 2.24) is 5.32 Å². The molecule has 1 aliphatic rings. The average Bonchev–Trinajstić information content (AvgIpc) is 2.97. The largest absolute Gasteiger partial charge is 0.497 e. The molecule has 1 saturated carbocycles. The van der Waals surface area contributed by atoms with E-state index in [1.165, 1.54) is 31.2 Å². The number of hydrogen-bond donors (Lipinski definition) is 2. The number of ether oxygens (including phenoxy) is 2. The van der Waals surface area contributed by atoms with Gasteiger partial charge in [-0.3, -0.25) is 0 Å². The first kappa shape index (κ1) is 15.3. The highest BCUT2D eigenvalue weighted by Gasteiger charge is 2.34. The first-order valence-electron chi connectivity index (χ1n) is 7.39. The summed E-state index contributed by atoms with van der Waals surface area (Å²) in [5, 5.41) is 12.4. The van der Waals surface area contributed by atoms with Crippen LogP contribution in [0.5, 0.6) is 5.75 Å². The highest BCUT2D eigenvalue weighted by Crippen LogP contribution is 2.39. The molecule has 0 bridgehead atoms. The van der Waals surface area contributed by atoms with Crippen molar-refractivity contribution in [2.45, 2.75) is 31.2 Å². The fourth-order valence-electron chi connectivity index (χ4n) is 2.99. The summed E-state index contributed by atoms with van der Waals surface area (Å²) in [5.41, 5.74) is 1.41. The van der Waals surface area contributed by atoms with Crippen LogP contribution in [0.15, 0.2) is 24.3 Å². The Hall–Kier alpha value is -1.10. The van der Waals surface area contributed by atoms with Crippen LogP contribution in [0.25, 0.3) is 0 Å². The minimum atomic E-state index is 0.0782. The lowest BCUT2D eigenvalue weighted by molar-refractivity contribution is 0.0891. The molecule has 0 amide bonds. The summed E-state index contributed by atoms with van der Waals surface area (Å²) in [5.74, 6) is 0.896. The molecule has 0 aromatic heterocycles. The maximum absolute atomic E-state index is 8.70. The van der Waals surface area contributed by atoms with Crippen LogP contribution in [-0.2, 0) is 10.3 Å². The monoisotopic (exact) mass is 279 g/mol. The molecule has 112 valence electrons. The Bertz CT molecular complexity index is 385. The Morgan fingerprint density at radius 1 is 1.15 bits per heavy atom. The molecule has 0 aliphatic heterocycles. The van der Waals surface area contributed by atoms with Crippen molar-refractivity contribution < 1.29 is 14.6 Å². The van der Waals surface area contributed by atoms with Gasteiger partial charge in [-0.05, 0) is 30.5 Å². The maximum atomic E-state index is 8.70. The number of hydrogen-bond acceptors (Lipinski definition) is 4. The summed E-state index contributed by atoms with van der Waals surface area (Å²) in [4.78, 5) is 0. The Labute approximate surface area is 121 Å². The quantitative estimate of drug-likeness (QED) is 0.715. The van der Waals surface area contributed by atoms with Crippen LogP contribution < -0.4 is 10.1 Å². The number of methoxy groups -OCH3 is 1. The van der Waals surface area contributed by atoms with E-state index in [1.807, 2.05) is 12.1 Å².